The highest BCUT2D eigenvalue weighted by molar-refractivity contribution is 5.42. The maximum Gasteiger partial charge on any atom is 0.132 e. The van der Waals surface area contributed by atoms with Gasteiger partial charge < -0.3 is 10.0 Å². The number of anilines is 1. The van der Waals surface area contributed by atoms with Gasteiger partial charge in [-0.05, 0) is 46.0 Å². The lowest BCUT2D eigenvalue weighted by molar-refractivity contribution is 0.110. The van der Waals surface area contributed by atoms with Crippen LogP contribution in [0.3, 0.4) is 0 Å². The molecule has 4 heteroatoms. The van der Waals surface area contributed by atoms with Gasteiger partial charge in [0.05, 0.1) is 6.10 Å². The molecule has 3 atom stereocenters. The first-order valence-electron chi connectivity index (χ1n) is 7.92. The number of aromatic nitrogens is 2. The second-order valence-corrected chi connectivity index (χ2v) is 6.33. The molecule has 4 nitrogen and oxygen atoms in total. The summed E-state index contributed by atoms with van der Waals surface area (Å²) in [6.45, 7) is 5.05. The summed E-state index contributed by atoms with van der Waals surface area (Å²) in [5.74, 6) is 2.32. The molecule has 0 spiro atoms. The lowest BCUT2D eigenvalue weighted by Gasteiger charge is -2.41. The number of piperidine rings is 1. The summed E-state index contributed by atoms with van der Waals surface area (Å²) >= 11 is 0. The fourth-order valence-electron chi connectivity index (χ4n) is 3.95. The minimum absolute atomic E-state index is 0.121. The van der Waals surface area contributed by atoms with Crippen LogP contribution < -0.4 is 4.90 Å². The van der Waals surface area contributed by atoms with Crippen molar-refractivity contribution in [1.82, 2.24) is 9.97 Å². The van der Waals surface area contributed by atoms with E-state index in [1.165, 1.54) is 19.3 Å². The zero-order valence-corrected chi connectivity index (χ0v) is 12.5. The summed E-state index contributed by atoms with van der Waals surface area (Å²) in [5, 5.41) is 10.3. The number of aliphatic hydroxyl groups excluding tert-OH is 1. The van der Waals surface area contributed by atoms with E-state index in [4.69, 9.17) is 0 Å². The average molecular weight is 275 g/mol. The maximum atomic E-state index is 10.3. The molecular formula is C16H25N3O. The normalized spacial score (nSPS) is 30.8. The van der Waals surface area contributed by atoms with Crippen LogP contribution in [0.15, 0.2) is 6.07 Å². The Morgan fingerprint density at radius 1 is 1.10 bits per heavy atom. The third kappa shape index (κ3) is 2.66. The van der Waals surface area contributed by atoms with E-state index in [1.54, 1.807) is 0 Å². The van der Waals surface area contributed by atoms with Gasteiger partial charge in [-0.3, -0.25) is 0 Å². The molecule has 0 bridgehead atoms. The zero-order valence-electron chi connectivity index (χ0n) is 12.5. The van der Waals surface area contributed by atoms with Crippen LogP contribution in [0, 0.1) is 19.8 Å². The topological polar surface area (TPSA) is 49.2 Å². The predicted octanol–water partition coefficient (Wildman–Crippen LogP) is 2.61. The zero-order chi connectivity index (χ0) is 14.1. The van der Waals surface area contributed by atoms with Crippen molar-refractivity contribution < 1.29 is 5.11 Å². The molecule has 2 aliphatic rings. The summed E-state index contributed by atoms with van der Waals surface area (Å²) in [7, 11) is 0. The monoisotopic (exact) mass is 275 g/mol. The second kappa shape index (κ2) is 5.68. The smallest absolute Gasteiger partial charge is 0.132 e. The van der Waals surface area contributed by atoms with Gasteiger partial charge in [-0.15, -0.1) is 0 Å². The van der Waals surface area contributed by atoms with Crippen LogP contribution in [-0.4, -0.2) is 33.8 Å². The minimum Gasteiger partial charge on any atom is -0.393 e. The molecule has 1 aromatic rings. The molecule has 1 aliphatic carbocycles. The maximum absolute atomic E-state index is 10.3. The van der Waals surface area contributed by atoms with Crippen LogP contribution in [0.5, 0.6) is 0 Å². The van der Waals surface area contributed by atoms with Gasteiger partial charge in [0.1, 0.15) is 11.6 Å². The Labute approximate surface area is 121 Å². The van der Waals surface area contributed by atoms with E-state index < -0.39 is 0 Å². The molecule has 1 saturated heterocycles. The molecule has 2 fully saturated rings. The van der Waals surface area contributed by atoms with Gasteiger partial charge in [0.2, 0.25) is 0 Å². The van der Waals surface area contributed by atoms with Gasteiger partial charge in [-0.1, -0.05) is 6.42 Å². The largest absolute Gasteiger partial charge is 0.393 e. The standard InChI is InChI=1S/C16H25N3O/c1-11-10-16(18-12(2)17-11)19-9-4-3-7-14(19)13-6-5-8-15(13)20/h10,13-15,20H,3-9H2,1-2H3. The summed E-state index contributed by atoms with van der Waals surface area (Å²) in [6.07, 6.45) is 6.85. The summed E-state index contributed by atoms with van der Waals surface area (Å²) in [6, 6.07) is 2.54. The molecule has 0 amide bonds. The van der Waals surface area contributed by atoms with Crippen LogP contribution in [-0.2, 0) is 0 Å². The number of hydrogen-bond acceptors (Lipinski definition) is 4. The van der Waals surface area contributed by atoms with E-state index in [-0.39, 0.29) is 6.10 Å². The lowest BCUT2D eigenvalue weighted by atomic mass is 9.87. The highest BCUT2D eigenvalue weighted by atomic mass is 16.3. The Kier molecular flexibility index (Phi) is 3.92. The SMILES string of the molecule is Cc1cc(N2CCCCC2C2CCCC2O)nc(C)n1. The number of aliphatic hydroxyl groups is 1. The first-order chi connectivity index (χ1) is 9.65. The molecule has 3 unspecified atom stereocenters. The van der Waals surface area contributed by atoms with Gasteiger partial charge in [0.25, 0.3) is 0 Å². The second-order valence-electron chi connectivity index (χ2n) is 6.33. The lowest BCUT2D eigenvalue weighted by Crippen LogP contribution is -2.47. The van der Waals surface area contributed by atoms with Crippen LogP contribution in [0.4, 0.5) is 5.82 Å². The quantitative estimate of drug-likeness (QED) is 0.901. The fraction of sp³-hybridized carbons (Fsp3) is 0.750. The minimum atomic E-state index is -0.121. The van der Waals surface area contributed by atoms with E-state index in [0.717, 1.165) is 43.1 Å². The molecule has 0 aromatic carbocycles. The van der Waals surface area contributed by atoms with Crippen molar-refractivity contribution >= 4 is 5.82 Å². The number of rotatable bonds is 2. The molecule has 110 valence electrons. The molecule has 0 radical (unpaired) electrons. The summed E-state index contributed by atoms with van der Waals surface area (Å²) < 4.78 is 0. The molecular weight excluding hydrogens is 250 g/mol. The van der Waals surface area contributed by atoms with Gasteiger partial charge >= 0.3 is 0 Å². The van der Waals surface area contributed by atoms with E-state index in [0.29, 0.717) is 12.0 Å². The summed E-state index contributed by atoms with van der Waals surface area (Å²) in [5.41, 5.74) is 1.03. The highest BCUT2D eigenvalue weighted by Crippen LogP contribution is 2.36. The average Bonchev–Trinajstić information content (AvgIpc) is 2.84. The third-order valence-electron chi connectivity index (χ3n) is 4.82. The number of hydrogen-bond donors (Lipinski definition) is 1. The Balaban J connectivity index is 1.88. The molecule has 1 N–H and O–H groups in total. The molecule has 1 saturated carbocycles. The Morgan fingerprint density at radius 2 is 1.95 bits per heavy atom. The Bertz CT molecular complexity index is 457. The molecule has 3 rings (SSSR count). The van der Waals surface area contributed by atoms with E-state index in [1.807, 2.05) is 13.8 Å². The van der Waals surface area contributed by atoms with Crippen LogP contribution in [0.1, 0.15) is 50.0 Å². The highest BCUT2D eigenvalue weighted by Gasteiger charge is 2.37. The van der Waals surface area contributed by atoms with Crippen molar-refractivity contribution in [3.05, 3.63) is 17.6 Å². The van der Waals surface area contributed by atoms with Gasteiger partial charge in [-0.2, -0.15) is 0 Å². The first-order valence-corrected chi connectivity index (χ1v) is 7.92. The van der Waals surface area contributed by atoms with Crippen LogP contribution >= 0.6 is 0 Å². The Morgan fingerprint density at radius 3 is 2.65 bits per heavy atom. The van der Waals surface area contributed by atoms with Crippen molar-refractivity contribution in [3.8, 4) is 0 Å². The van der Waals surface area contributed by atoms with Crippen molar-refractivity contribution in [3.63, 3.8) is 0 Å². The molecule has 20 heavy (non-hydrogen) atoms. The van der Waals surface area contributed by atoms with E-state index in [2.05, 4.69) is 20.9 Å². The van der Waals surface area contributed by atoms with Gasteiger partial charge in [-0.25, -0.2) is 9.97 Å². The van der Waals surface area contributed by atoms with E-state index in [9.17, 15) is 5.11 Å². The van der Waals surface area contributed by atoms with Gasteiger partial charge in [0, 0.05) is 30.3 Å². The van der Waals surface area contributed by atoms with E-state index >= 15 is 0 Å². The predicted molar refractivity (Wildman–Crippen MR) is 79.8 cm³/mol. The van der Waals surface area contributed by atoms with Gasteiger partial charge in [0.15, 0.2) is 0 Å². The third-order valence-corrected chi connectivity index (χ3v) is 4.82. The molecule has 1 aliphatic heterocycles. The summed E-state index contributed by atoms with van der Waals surface area (Å²) in [4.78, 5) is 11.5. The van der Waals surface area contributed by atoms with Crippen molar-refractivity contribution in [2.45, 2.75) is 64.5 Å². The van der Waals surface area contributed by atoms with Crippen molar-refractivity contribution in [1.29, 1.82) is 0 Å². The molecule has 1 aromatic heterocycles. The number of aryl methyl sites for hydroxylation is 2. The van der Waals surface area contributed by atoms with Crippen LogP contribution in [0.2, 0.25) is 0 Å². The molecule has 2 heterocycles. The Hall–Kier alpha value is -1.16. The van der Waals surface area contributed by atoms with Crippen molar-refractivity contribution in [2.24, 2.45) is 5.92 Å². The van der Waals surface area contributed by atoms with Crippen molar-refractivity contribution in [2.75, 3.05) is 11.4 Å². The fourth-order valence-corrected chi connectivity index (χ4v) is 3.95. The van der Waals surface area contributed by atoms with Crippen LogP contribution in [0.25, 0.3) is 0 Å². The number of nitrogens with zero attached hydrogens (tertiary/aromatic N) is 3. The first kappa shape index (κ1) is 13.8.